The van der Waals surface area contributed by atoms with Crippen LogP contribution < -0.4 is 0 Å². The van der Waals surface area contributed by atoms with Gasteiger partial charge in [-0.3, -0.25) is 4.79 Å². The molecular weight excluding hydrogens is 232 g/mol. The highest BCUT2D eigenvalue weighted by Crippen LogP contribution is 2.36. The zero-order valence-electron chi connectivity index (χ0n) is 12.1. The van der Waals surface area contributed by atoms with Gasteiger partial charge in [0.05, 0.1) is 26.2 Å². The summed E-state index contributed by atoms with van der Waals surface area (Å²) >= 11 is 0. The lowest BCUT2D eigenvalue weighted by molar-refractivity contribution is -0.248. The first-order valence-electron chi connectivity index (χ1n) is 6.85. The second kappa shape index (κ2) is 7.10. The molecule has 0 aromatic rings. The molecule has 0 amide bonds. The Balaban J connectivity index is 2.46. The number of carbonyl (C=O) groups is 1. The molecule has 4 heteroatoms. The number of esters is 1. The van der Waals surface area contributed by atoms with E-state index in [1.54, 1.807) is 0 Å². The molecule has 1 saturated heterocycles. The van der Waals surface area contributed by atoms with E-state index in [0.717, 1.165) is 6.42 Å². The monoisotopic (exact) mass is 258 g/mol. The molecule has 0 radical (unpaired) electrons. The van der Waals surface area contributed by atoms with Gasteiger partial charge in [-0.1, -0.05) is 27.7 Å². The molecule has 1 rings (SSSR count). The van der Waals surface area contributed by atoms with Crippen molar-refractivity contribution in [2.24, 2.45) is 17.8 Å². The fraction of sp³-hybridized carbons (Fsp3) is 0.929. The zero-order valence-corrected chi connectivity index (χ0v) is 12.1. The Morgan fingerprint density at radius 2 is 1.83 bits per heavy atom. The van der Waals surface area contributed by atoms with Gasteiger partial charge in [0.15, 0.2) is 6.29 Å². The third-order valence-corrected chi connectivity index (χ3v) is 4.20. The summed E-state index contributed by atoms with van der Waals surface area (Å²) in [6, 6.07) is 0. The number of ether oxygens (including phenoxy) is 3. The molecule has 1 fully saturated rings. The lowest BCUT2D eigenvalue weighted by Gasteiger charge is -2.43. The van der Waals surface area contributed by atoms with Gasteiger partial charge in [-0.2, -0.15) is 0 Å². The number of rotatable bonds is 5. The van der Waals surface area contributed by atoms with Gasteiger partial charge < -0.3 is 14.2 Å². The fourth-order valence-corrected chi connectivity index (χ4v) is 2.50. The highest BCUT2D eigenvalue weighted by molar-refractivity contribution is 5.69. The lowest BCUT2D eigenvalue weighted by atomic mass is 9.78. The highest BCUT2D eigenvalue weighted by Gasteiger charge is 2.38. The fourth-order valence-electron chi connectivity index (χ4n) is 2.50. The molecule has 0 aromatic heterocycles. The minimum Gasteiger partial charge on any atom is -0.469 e. The van der Waals surface area contributed by atoms with Crippen molar-refractivity contribution in [1.82, 2.24) is 0 Å². The Hall–Kier alpha value is -0.610. The first-order valence-corrected chi connectivity index (χ1v) is 6.85. The third-order valence-electron chi connectivity index (χ3n) is 4.20. The summed E-state index contributed by atoms with van der Waals surface area (Å²) < 4.78 is 16.3. The van der Waals surface area contributed by atoms with E-state index in [-0.39, 0.29) is 24.8 Å². The van der Waals surface area contributed by atoms with Crippen LogP contribution in [0.5, 0.6) is 0 Å². The molecule has 4 nitrogen and oxygen atoms in total. The molecule has 0 aromatic carbocycles. The summed E-state index contributed by atoms with van der Waals surface area (Å²) in [5, 5.41) is 0. The molecule has 1 heterocycles. The van der Waals surface area contributed by atoms with Crippen LogP contribution in [0.2, 0.25) is 0 Å². The van der Waals surface area contributed by atoms with E-state index >= 15 is 0 Å². The van der Waals surface area contributed by atoms with Gasteiger partial charge in [-0.25, -0.2) is 0 Å². The second-order valence-corrected chi connectivity index (χ2v) is 5.23. The van der Waals surface area contributed by atoms with Gasteiger partial charge in [-0.15, -0.1) is 0 Å². The number of methoxy groups -OCH3 is 1. The number of hydrogen-bond donors (Lipinski definition) is 0. The maximum Gasteiger partial charge on any atom is 0.307 e. The maximum atomic E-state index is 11.0. The Kier molecular flexibility index (Phi) is 6.09. The van der Waals surface area contributed by atoms with Crippen LogP contribution >= 0.6 is 0 Å². The molecule has 5 atom stereocenters. The van der Waals surface area contributed by atoms with E-state index < -0.39 is 0 Å². The molecule has 5 unspecified atom stereocenters. The van der Waals surface area contributed by atoms with E-state index in [4.69, 9.17) is 9.47 Å². The first-order chi connectivity index (χ1) is 8.51. The molecule has 0 aliphatic carbocycles. The molecule has 18 heavy (non-hydrogen) atoms. The van der Waals surface area contributed by atoms with Crippen LogP contribution in [0, 0.1) is 17.8 Å². The quantitative estimate of drug-likeness (QED) is 0.711. The third kappa shape index (κ3) is 3.69. The van der Waals surface area contributed by atoms with Crippen LogP contribution in [0.25, 0.3) is 0 Å². The summed E-state index contributed by atoms with van der Waals surface area (Å²) in [7, 11) is 1.39. The van der Waals surface area contributed by atoms with Crippen molar-refractivity contribution in [3.63, 3.8) is 0 Å². The van der Waals surface area contributed by atoms with E-state index in [9.17, 15) is 4.79 Å². The lowest BCUT2D eigenvalue weighted by Crippen LogP contribution is -2.45. The molecule has 0 bridgehead atoms. The van der Waals surface area contributed by atoms with Crippen molar-refractivity contribution in [2.45, 2.75) is 52.9 Å². The van der Waals surface area contributed by atoms with Crippen molar-refractivity contribution in [1.29, 1.82) is 0 Å². The second-order valence-electron chi connectivity index (χ2n) is 5.23. The van der Waals surface area contributed by atoms with Crippen LogP contribution in [0.4, 0.5) is 0 Å². The summed E-state index contributed by atoms with van der Waals surface area (Å²) in [5.74, 6) is 1.21. The van der Waals surface area contributed by atoms with Gasteiger partial charge in [0.25, 0.3) is 0 Å². The first kappa shape index (κ1) is 15.4. The molecule has 0 spiro atoms. The molecule has 1 aliphatic heterocycles. The van der Waals surface area contributed by atoms with Crippen molar-refractivity contribution in [2.75, 3.05) is 13.7 Å². The van der Waals surface area contributed by atoms with Gasteiger partial charge in [0.1, 0.15) is 0 Å². The molecule has 0 N–H and O–H groups in total. The summed E-state index contributed by atoms with van der Waals surface area (Å²) in [6.45, 7) is 9.13. The van der Waals surface area contributed by atoms with Crippen LogP contribution in [0.1, 0.15) is 40.5 Å². The summed E-state index contributed by atoms with van der Waals surface area (Å²) in [4.78, 5) is 11.0. The average molecular weight is 258 g/mol. The topological polar surface area (TPSA) is 44.8 Å². The Labute approximate surface area is 110 Å². The van der Waals surface area contributed by atoms with E-state index in [2.05, 4.69) is 32.4 Å². The van der Waals surface area contributed by atoms with Gasteiger partial charge in [0, 0.05) is 5.92 Å². The maximum absolute atomic E-state index is 11.0. The van der Waals surface area contributed by atoms with E-state index in [1.165, 1.54) is 7.11 Å². The van der Waals surface area contributed by atoms with Crippen LogP contribution in [-0.4, -0.2) is 32.1 Å². The zero-order chi connectivity index (χ0) is 13.7. The molecule has 1 aliphatic rings. The predicted molar refractivity (Wildman–Crippen MR) is 69.0 cm³/mol. The number of hydrogen-bond acceptors (Lipinski definition) is 4. The normalized spacial score (nSPS) is 36.4. The minimum absolute atomic E-state index is 0.203. The van der Waals surface area contributed by atoms with Crippen LogP contribution in [-0.2, 0) is 19.0 Å². The van der Waals surface area contributed by atoms with E-state index in [0.29, 0.717) is 24.4 Å². The van der Waals surface area contributed by atoms with Gasteiger partial charge in [0.2, 0.25) is 0 Å². The smallest absolute Gasteiger partial charge is 0.307 e. The minimum atomic E-state index is -0.244. The molecule has 0 saturated carbocycles. The van der Waals surface area contributed by atoms with Crippen molar-refractivity contribution in [3.8, 4) is 0 Å². The van der Waals surface area contributed by atoms with E-state index in [1.807, 2.05) is 0 Å². The Bertz CT molecular complexity index is 265. The average Bonchev–Trinajstić information content (AvgIpc) is 2.38. The van der Waals surface area contributed by atoms with Crippen molar-refractivity contribution in [3.05, 3.63) is 0 Å². The predicted octanol–water partition coefficient (Wildman–Crippen LogP) is 2.61. The molecule has 106 valence electrons. The van der Waals surface area contributed by atoms with Gasteiger partial charge >= 0.3 is 5.97 Å². The summed E-state index contributed by atoms with van der Waals surface area (Å²) in [5.41, 5.74) is 0. The molecular formula is C14H26O4. The summed E-state index contributed by atoms with van der Waals surface area (Å²) in [6.07, 6.45) is 1.32. The SMILES string of the molecule is CCC1OC(OCCC(=O)OC)C(C)C(C)C1C. The van der Waals surface area contributed by atoms with Crippen LogP contribution in [0.15, 0.2) is 0 Å². The van der Waals surface area contributed by atoms with Crippen LogP contribution in [0.3, 0.4) is 0 Å². The van der Waals surface area contributed by atoms with Crippen molar-refractivity contribution < 1.29 is 19.0 Å². The van der Waals surface area contributed by atoms with Crippen molar-refractivity contribution >= 4 is 5.97 Å². The Morgan fingerprint density at radius 3 is 2.39 bits per heavy atom. The standard InChI is InChI=1S/C14H26O4/c1-6-12-10(3)9(2)11(4)14(18-12)17-8-7-13(15)16-5/h9-12,14H,6-8H2,1-5H3. The highest BCUT2D eigenvalue weighted by atomic mass is 16.7. The number of carbonyl (C=O) groups excluding carboxylic acids is 1. The largest absolute Gasteiger partial charge is 0.469 e. The van der Waals surface area contributed by atoms with Gasteiger partial charge in [-0.05, 0) is 18.3 Å². The Morgan fingerprint density at radius 1 is 1.17 bits per heavy atom.